The topological polar surface area (TPSA) is 35.2 Å². The number of ether oxygens (including phenoxy) is 1. The smallest absolute Gasteiger partial charge is 0.145 e. The van der Waals surface area contributed by atoms with Crippen molar-refractivity contribution in [3.63, 3.8) is 0 Å². The number of halogens is 1. The number of nitrogens with two attached hydrogens (primary N) is 1. The Balaban J connectivity index is 3.29. The quantitative estimate of drug-likeness (QED) is 0.715. The van der Waals surface area contributed by atoms with E-state index in [1.807, 2.05) is 13.8 Å². The van der Waals surface area contributed by atoms with E-state index < -0.39 is 0 Å². The minimum atomic E-state index is -0.318. The van der Waals surface area contributed by atoms with Gasteiger partial charge in [-0.25, -0.2) is 4.39 Å². The van der Waals surface area contributed by atoms with Gasteiger partial charge in [0.25, 0.3) is 0 Å². The molecular formula is C10H14FNO. The van der Waals surface area contributed by atoms with Gasteiger partial charge >= 0.3 is 0 Å². The minimum Gasteiger partial charge on any atom is -0.494 e. The van der Waals surface area contributed by atoms with Gasteiger partial charge in [0, 0.05) is 11.6 Å². The lowest BCUT2D eigenvalue weighted by atomic mass is 10.0. The van der Waals surface area contributed by atoms with Crippen molar-refractivity contribution in [3.8, 4) is 5.75 Å². The van der Waals surface area contributed by atoms with Crippen molar-refractivity contribution in [1.29, 1.82) is 0 Å². The molecule has 0 unspecified atom stereocenters. The van der Waals surface area contributed by atoms with E-state index >= 15 is 0 Å². The Labute approximate surface area is 77.5 Å². The van der Waals surface area contributed by atoms with E-state index in [0.717, 1.165) is 5.56 Å². The first kappa shape index (κ1) is 9.84. The standard InChI is InChI=1S/C10H14FNO/c1-6(2)8-4-7(11)5-9(12)10(8)13-3/h4-6H,12H2,1-3H3. The first-order valence-corrected chi connectivity index (χ1v) is 4.19. The number of anilines is 1. The highest BCUT2D eigenvalue weighted by Crippen LogP contribution is 2.32. The summed E-state index contributed by atoms with van der Waals surface area (Å²) in [4.78, 5) is 0. The zero-order valence-corrected chi connectivity index (χ0v) is 8.10. The zero-order chi connectivity index (χ0) is 10.0. The molecule has 0 aliphatic heterocycles. The molecule has 0 heterocycles. The average molecular weight is 183 g/mol. The predicted molar refractivity (Wildman–Crippen MR) is 51.5 cm³/mol. The first-order chi connectivity index (χ1) is 6.06. The van der Waals surface area contributed by atoms with Gasteiger partial charge in [-0.05, 0) is 12.0 Å². The van der Waals surface area contributed by atoms with Crippen LogP contribution < -0.4 is 10.5 Å². The molecular weight excluding hydrogens is 169 g/mol. The van der Waals surface area contributed by atoms with Crippen LogP contribution in [-0.4, -0.2) is 7.11 Å². The molecule has 1 aromatic carbocycles. The van der Waals surface area contributed by atoms with Crippen molar-refractivity contribution in [2.45, 2.75) is 19.8 Å². The molecule has 0 atom stereocenters. The lowest BCUT2D eigenvalue weighted by molar-refractivity contribution is 0.408. The largest absolute Gasteiger partial charge is 0.494 e. The van der Waals surface area contributed by atoms with E-state index in [9.17, 15) is 4.39 Å². The number of benzene rings is 1. The maximum absolute atomic E-state index is 13.0. The number of methoxy groups -OCH3 is 1. The number of nitrogen functional groups attached to an aromatic ring is 1. The maximum Gasteiger partial charge on any atom is 0.145 e. The monoisotopic (exact) mass is 183 g/mol. The van der Waals surface area contributed by atoms with Gasteiger partial charge in [0.1, 0.15) is 11.6 Å². The molecule has 0 spiro atoms. The van der Waals surface area contributed by atoms with Crippen LogP contribution in [0.2, 0.25) is 0 Å². The summed E-state index contributed by atoms with van der Waals surface area (Å²) in [6, 6.07) is 2.73. The molecule has 2 nitrogen and oxygen atoms in total. The van der Waals surface area contributed by atoms with E-state index in [1.165, 1.54) is 19.2 Å². The van der Waals surface area contributed by atoms with Crippen LogP contribution in [0, 0.1) is 5.82 Å². The third kappa shape index (κ3) is 1.91. The molecule has 0 saturated carbocycles. The van der Waals surface area contributed by atoms with E-state index in [-0.39, 0.29) is 11.7 Å². The van der Waals surface area contributed by atoms with E-state index in [0.29, 0.717) is 11.4 Å². The van der Waals surface area contributed by atoms with Crippen molar-refractivity contribution >= 4 is 5.69 Å². The van der Waals surface area contributed by atoms with Gasteiger partial charge in [0.2, 0.25) is 0 Å². The fraction of sp³-hybridized carbons (Fsp3) is 0.400. The summed E-state index contributed by atoms with van der Waals surface area (Å²) in [6.07, 6.45) is 0. The fourth-order valence-corrected chi connectivity index (χ4v) is 1.30. The van der Waals surface area contributed by atoms with Crippen LogP contribution in [0.4, 0.5) is 10.1 Å². The van der Waals surface area contributed by atoms with Crippen LogP contribution in [0.3, 0.4) is 0 Å². The predicted octanol–water partition coefficient (Wildman–Crippen LogP) is 2.54. The van der Waals surface area contributed by atoms with E-state index in [2.05, 4.69) is 0 Å². The Morgan fingerprint density at radius 3 is 2.46 bits per heavy atom. The van der Waals surface area contributed by atoms with Crippen molar-refractivity contribution in [1.82, 2.24) is 0 Å². The highest BCUT2D eigenvalue weighted by atomic mass is 19.1. The van der Waals surface area contributed by atoms with Crippen molar-refractivity contribution in [2.75, 3.05) is 12.8 Å². The van der Waals surface area contributed by atoms with Gasteiger partial charge in [-0.2, -0.15) is 0 Å². The Bertz CT molecular complexity index is 310. The highest BCUT2D eigenvalue weighted by molar-refractivity contribution is 5.57. The molecule has 0 aliphatic rings. The van der Waals surface area contributed by atoms with Crippen LogP contribution in [0.5, 0.6) is 5.75 Å². The molecule has 0 amide bonds. The molecule has 0 radical (unpaired) electrons. The zero-order valence-electron chi connectivity index (χ0n) is 8.10. The molecule has 2 N–H and O–H groups in total. The van der Waals surface area contributed by atoms with E-state index in [1.54, 1.807) is 0 Å². The SMILES string of the molecule is COc1c(N)cc(F)cc1C(C)C. The third-order valence-corrected chi connectivity index (χ3v) is 1.94. The Kier molecular flexibility index (Phi) is 2.76. The van der Waals surface area contributed by atoms with Crippen LogP contribution in [0.15, 0.2) is 12.1 Å². The Morgan fingerprint density at radius 1 is 1.38 bits per heavy atom. The summed E-state index contributed by atoms with van der Waals surface area (Å²) in [5.41, 5.74) is 6.76. The summed E-state index contributed by atoms with van der Waals surface area (Å²) in [5.74, 6) is 0.464. The van der Waals surface area contributed by atoms with Crippen LogP contribution in [0.1, 0.15) is 25.3 Å². The normalized spacial score (nSPS) is 10.5. The van der Waals surface area contributed by atoms with Gasteiger partial charge in [-0.1, -0.05) is 13.8 Å². The fourth-order valence-electron chi connectivity index (χ4n) is 1.30. The number of rotatable bonds is 2. The molecule has 0 fully saturated rings. The first-order valence-electron chi connectivity index (χ1n) is 4.19. The van der Waals surface area contributed by atoms with Gasteiger partial charge in [0.05, 0.1) is 12.8 Å². The summed E-state index contributed by atoms with van der Waals surface area (Å²) in [7, 11) is 1.54. The lowest BCUT2D eigenvalue weighted by Crippen LogP contribution is -2.00. The van der Waals surface area contributed by atoms with Crippen LogP contribution in [0.25, 0.3) is 0 Å². The third-order valence-electron chi connectivity index (χ3n) is 1.94. The molecule has 1 aromatic rings. The summed E-state index contributed by atoms with van der Waals surface area (Å²) in [5, 5.41) is 0. The summed E-state index contributed by atoms with van der Waals surface area (Å²) >= 11 is 0. The van der Waals surface area contributed by atoms with Gasteiger partial charge in [-0.15, -0.1) is 0 Å². The van der Waals surface area contributed by atoms with Gasteiger partial charge in [0.15, 0.2) is 0 Å². The van der Waals surface area contributed by atoms with E-state index in [4.69, 9.17) is 10.5 Å². The molecule has 0 aromatic heterocycles. The van der Waals surface area contributed by atoms with Crippen LogP contribution in [-0.2, 0) is 0 Å². The second-order valence-corrected chi connectivity index (χ2v) is 3.27. The summed E-state index contributed by atoms with van der Waals surface area (Å²) < 4.78 is 18.1. The molecule has 72 valence electrons. The highest BCUT2D eigenvalue weighted by Gasteiger charge is 2.12. The Morgan fingerprint density at radius 2 is 2.00 bits per heavy atom. The average Bonchev–Trinajstić information content (AvgIpc) is 2.02. The van der Waals surface area contributed by atoms with Crippen molar-refractivity contribution in [2.24, 2.45) is 0 Å². The molecule has 0 bridgehead atoms. The number of hydrogen-bond donors (Lipinski definition) is 1. The number of hydrogen-bond acceptors (Lipinski definition) is 2. The second-order valence-electron chi connectivity index (χ2n) is 3.27. The van der Waals surface area contributed by atoms with Gasteiger partial charge < -0.3 is 10.5 Å². The van der Waals surface area contributed by atoms with Crippen molar-refractivity contribution in [3.05, 3.63) is 23.5 Å². The minimum absolute atomic E-state index is 0.202. The molecule has 3 heteroatoms. The van der Waals surface area contributed by atoms with Crippen LogP contribution >= 0.6 is 0 Å². The molecule has 1 rings (SSSR count). The Hall–Kier alpha value is -1.25. The lowest BCUT2D eigenvalue weighted by Gasteiger charge is -2.13. The van der Waals surface area contributed by atoms with Crippen molar-refractivity contribution < 1.29 is 9.13 Å². The molecule has 0 saturated heterocycles. The molecule has 0 aliphatic carbocycles. The maximum atomic E-state index is 13.0. The molecule has 13 heavy (non-hydrogen) atoms. The second kappa shape index (κ2) is 3.64. The summed E-state index contributed by atoms with van der Waals surface area (Å²) in [6.45, 7) is 3.94. The van der Waals surface area contributed by atoms with Gasteiger partial charge in [-0.3, -0.25) is 0 Å².